The highest BCUT2D eigenvalue weighted by molar-refractivity contribution is 5.86. The first-order valence-electron chi connectivity index (χ1n) is 5.58. The molecule has 2 rings (SSSR count). The van der Waals surface area contributed by atoms with Gasteiger partial charge in [-0.1, -0.05) is 12.1 Å². The smallest absolute Gasteiger partial charge is 0.372 e. The van der Waals surface area contributed by atoms with Gasteiger partial charge in [-0.25, -0.2) is 4.79 Å². The largest absolute Gasteiger partial charge is 0.486 e. The SMILES string of the molecule is Cc1cccc(OCc2cc(C)c(C(=O)O)o2)c1. The highest BCUT2D eigenvalue weighted by atomic mass is 16.5. The Morgan fingerprint density at radius 2 is 2.11 bits per heavy atom. The van der Waals surface area contributed by atoms with Gasteiger partial charge in [0.25, 0.3) is 0 Å². The van der Waals surface area contributed by atoms with Gasteiger partial charge in [-0.3, -0.25) is 0 Å². The zero-order valence-electron chi connectivity index (χ0n) is 10.3. The van der Waals surface area contributed by atoms with Gasteiger partial charge in [0.2, 0.25) is 5.76 Å². The number of carboxylic acid groups (broad SMARTS) is 1. The van der Waals surface area contributed by atoms with Crippen molar-refractivity contribution in [1.82, 2.24) is 0 Å². The summed E-state index contributed by atoms with van der Waals surface area (Å²) in [5, 5.41) is 8.87. The zero-order chi connectivity index (χ0) is 13.1. The number of ether oxygens (including phenoxy) is 1. The van der Waals surface area contributed by atoms with E-state index in [0.717, 1.165) is 11.3 Å². The number of hydrogen-bond acceptors (Lipinski definition) is 3. The molecule has 18 heavy (non-hydrogen) atoms. The highest BCUT2D eigenvalue weighted by Crippen LogP contribution is 2.18. The standard InChI is InChI=1S/C14H14O4/c1-9-4-3-5-11(6-9)17-8-12-7-10(2)13(18-12)14(15)16/h3-7H,8H2,1-2H3,(H,15,16). The third-order valence-electron chi connectivity index (χ3n) is 2.53. The van der Waals surface area contributed by atoms with E-state index in [1.54, 1.807) is 13.0 Å². The van der Waals surface area contributed by atoms with Gasteiger partial charge >= 0.3 is 5.97 Å². The van der Waals surface area contributed by atoms with Crippen LogP contribution in [0.15, 0.2) is 34.7 Å². The number of carboxylic acids is 1. The number of rotatable bonds is 4. The summed E-state index contributed by atoms with van der Waals surface area (Å²) in [7, 11) is 0. The van der Waals surface area contributed by atoms with Crippen molar-refractivity contribution in [3.05, 3.63) is 53.0 Å². The van der Waals surface area contributed by atoms with Gasteiger partial charge in [-0.15, -0.1) is 0 Å². The Morgan fingerprint density at radius 3 is 2.72 bits per heavy atom. The van der Waals surface area contributed by atoms with Crippen LogP contribution in [0.5, 0.6) is 5.75 Å². The van der Waals surface area contributed by atoms with E-state index in [2.05, 4.69) is 0 Å². The van der Waals surface area contributed by atoms with Gasteiger partial charge in [0.15, 0.2) is 0 Å². The quantitative estimate of drug-likeness (QED) is 0.900. The molecule has 1 heterocycles. The van der Waals surface area contributed by atoms with E-state index in [1.807, 2.05) is 31.2 Å². The van der Waals surface area contributed by atoms with Crippen molar-refractivity contribution >= 4 is 5.97 Å². The topological polar surface area (TPSA) is 59.7 Å². The lowest BCUT2D eigenvalue weighted by molar-refractivity contribution is 0.0657. The molecule has 0 saturated carbocycles. The number of furan rings is 1. The first kappa shape index (κ1) is 12.2. The zero-order valence-corrected chi connectivity index (χ0v) is 10.3. The van der Waals surface area contributed by atoms with Crippen molar-refractivity contribution in [3.63, 3.8) is 0 Å². The molecule has 0 aliphatic heterocycles. The molecule has 0 radical (unpaired) electrons. The Labute approximate surface area is 105 Å². The van der Waals surface area contributed by atoms with E-state index in [0.29, 0.717) is 11.3 Å². The van der Waals surface area contributed by atoms with Crippen LogP contribution in [-0.4, -0.2) is 11.1 Å². The van der Waals surface area contributed by atoms with Crippen molar-refractivity contribution in [2.45, 2.75) is 20.5 Å². The Balaban J connectivity index is 2.06. The summed E-state index contributed by atoms with van der Waals surface area (Å²) >= 11 is 0. The molecule has 0 bridgehead atoms. The highest BCUT2D eigenvalue weighted by Gasteiger charge is 2.14. The Kier molecular flexibility index (Phi) is 3.37. The molecule has 4 nitrogen and oxygen atoms in total. The minimum Gasteiger partial charge on any atom is -0.486 e. The molecule has 4 heteroatoms. The van der Waals surface area contributed by atoms with Crippen LogP contribution in [0, 0.1) is 13.8 Å². The van der Waals surface area contributed by atoms with Gasteiger partial charge in [0, 0.05) is 5.56 Å². The summed E-state index contributed by atoms with van der Waals surface area (Å²) in [6.45, 7) is 3.90. The molecule has 0 saturated heterocycles. The molecule has 0 spiro atoms. The van der Waals surface area contributed by atoms with E-state index < -0.39 is 5.97 Å². The van der Waals surface area contributed by atoms with Crippen LogP contribution in [0.2, 0.25) is 0 Å². The number of carbonyl (C=O) groups is 1. The van der Waals surface area contributed by atoms with Crippen LogP contribution in [0.3, 0.4) is 0 Å². The first-order valence-corrected chi connectivity index (χ1v) is 5.58. The Bertz CT molecular complexity index is 569. The molecule has 0 unspecified atom stereocenters. The molecular weight excluding hydrogens is 232 g/mol. The van der Waals surface area contributed by atoms with E-state index in [1.165, 1.54) is 0 Å². The van der Waals surface area contributed by atoms with E-state index in [-0.39, 0.29) is 12.4 Å². The maximum Gasteiger partial charge on any atom is 0.372 e. The average Bonchev–Trinajstić information content (AvgIpc) is 2.68. The predicted molar refractivity (Wildman–Crippen MR) is 65.9 cm³/mol. The number of aromatic carboxylic acids is 1. The molecule has 2 aromatic rings. The lowest BCUT2D eigenvalue weighted by Crippen LogP contribution is -1.96. The fourth-order valence-corrected chi connectivity index (χ4v) is 1.69. The van der Waals surface area contributed by atoms with Crippen LogP contribution in [0.25, 0.3) is 0 Å². The molecule has 0 fully saturated rings. The summed E-state index contributed by atoms with van der Waals surface area (Å²) in [4.78, 5) is 10.8. The van der Waals surface area contributed by atoms with E-state index in [9.17, 15) is 4.79 Å². The van der Waals surface area contributed by atoms with Crippen LogP contribution < -0.4 is 4.74 Å². The van der Waals surface area contributed by atoms with Gasteiger partial charge in [-0.2, -0.15) is 0 Å². The Hall–Kier alpha value is -2.23. The Morgan fingerprint density at radius 1 is 1.33 bits per heavy atom. The van der Waals surface area contributed by atoms with Crippen molar-refractivity contribution in [3.8, 4) is 5.75 Å². The molecule has 0 amide bonds. The second-order valence-corrected chi connectivity index (χ2v) is 4.14. The third-order valence-corrected chi connectivity index (χ3v) is 2.53. The van der Waals surface area contributed by atoms with Crippen LogP contribution >= 0.6 is 0 Å². The van der Waals surface area contributed by atoms with Crippen LogP contribution in [-0.2, 0) is 6.61 Å². The summed E-state index contributed by atoms with van der Waals surface area (Å²) in [5.41, 5.74) is 1.71. The number of hydrogen-bond donors (Lipinski definition) is 1. The predicted octanol–water partition coefficient (Wildman–Crippen LogP) is 3.17. The maximum atomic E-state index is 10.8. The fourth-order valence-electron chi connectivity index (χ4n) is 1.69. The maximum absolute atomic E-state index is 10.8. The van der Waals surface area contributed by atoms with Crippen LogP contribution in [0.1, 0.15) is 27.4 Å². The lowest BCUT2D eigenvalue weighted by atomic mass is 10.2. The van der Waals surface area contributed by atoms with Crippen molar-refractivity contribution in [2.75, 3.05) is 0 Å². The van der Waals surface area contributed by atoms with Gasteiger partial charge in [0.05, 0.1) is 0 Å². The van der Waals surface area contributed by atoms with Gasteiger partial charge in [0.1, 0.15) is 18.1 Å². The van der Waals surface area contributed by atoms with E-state index in [4.69, 9.17) is 14.3 Å². The molecular formula is C14H14O4. The normalized spacial score (nSPS) is 10.3. The number of aryl methyl sites for hydroxylation is 2. The molecule has 1 aromatic heterocycles. The number of benzene rings is 1. The second kappa shape index (κ2) is 4.96. The third kappa shape index (κ3) is 2.71. The first-order chi connectivity index (χ1) is 8.56. The van der Waals surface area contributed by atoms with Crippen molar-refractivity contribution in [1.29, 1.82) is 0 Å². The molecule has 0 aliphatic carbocycles. The molecule has 0 atom stereocenters. The fraction of sp³-hybridized carbons (Fsp3) is 0.214. The van der Waals surface area contributed by atoms with Crippen LogP contribution in [0.4, 0.5) is 0 Å². The molecule has 1 aromatic carbocycles. The molecule has 0 aliphatic rings. The minimum absolute atomic E-state index is 0.0298. The molecule has 1 N–H and O–H groups in total. The average molecular weight is 246 g/mol. The second-order valence-electron chi connectivity index (χ2n) is 4.14. The summed E-state index contributed by atoms with van der Waals surface area (Å²) in [6, 6.07) is 9.32. The molecule has 94 valence electrons. The lowest BCUT2D eigenvalue weighted by Gasteiger charge is -2.04. The van der Waals surface area contributed by atoms with Gasteiger partial charge in [-0.05, 0) is 37.6 Å². The van der Waals surface area contributed by atoms with Gasteiger partial charge < -0.3 is 14.3 Å². The summed E-state index contributed by atoms with van der Waals surface area (Å²) < 4.78 is 10.7. The van der Waals surface area contributed by atoms with Crippen molar-refractivity contribution < 1.29 is 19.1 Å². The summed E-state index contributed by atoms with van der Waals surface area (Å²) in [6.07, 6.45) is 0. The van der Waals surface area contributed by atoms with E-state index >= 15 is 0 Å². The monoisotopic (exact) mass is 246 g/mol. The summed E-state index contributed by atoms with van der Waals surface area (Å²) in [5.74, 6) is 0.152. The minimum atomic E-state index is -1.06. The van der Waals surface area contributed by atoms with Crippen molar-refractivity contribution in [2.24, 2.45) is 0 Å².